The van der Waals surface area contributed by atoms with Crippen LogP contribution in [0.25, 0.3) is 0 Å². The second kappa shape index (κ2) is 6.23. The topological polar surface area (TPSA) is 76.4 Å². The molecule has 1 saturated heterocycles. The van der Waals surface area contributed by atoms with Crippen LogP contribution in [0, 0.1) is 11.3 Å². The molecule has 0 radical (unpaired) electrons. The molecule has 8 heteroatoms. The molecule has 1 aliphatic rings. The number of rotatable bonds is 2. The first-order valence-corrected chi connectivity index (χ1v) is 6.66. The number of aliphatic hydroxyl groups is 1. The first-order valence-electron chi connectivity index (χ1n) is 6.66. The minimum Gasteiger partial charge on any atom is -0.394 e. The number of carbonyl (C=O) groups is 1. The van der Waals surface area contributed by atoms with Crippen molar-refractivity contribution >= 4 is 11.7 Å². The quantitative estimate of drug-likeness (QED) is 0.881. The van der Waals surface area contributed by atoms with Gasteiger partial charge in [0, 0.05) is 12.2 Å². The van der Waals surface area contributed by atoms with Crippen LogP contribution in [0.2, 0.25) is 0 Å². The van der Waals surface area contributed by atoms with E-state index in [1.54, 1.807) is 0 Å². The fourth-order valence-corrected chi connectivity index (χ4v) is 2.44. The van der Waals surface area contributed by atoms with Crippen LogP contribution in [0.15, 0.2) is 18.2 Å². The van der Waals surface area contributed by atoms with Crippen LogP contribution < -0.4 is 5.32 Å². The average molecular weight is 313 g/mol. The lowest BCUT2D eigenvalue weighted by Gasteiger charge is -2.23. The number of carbonyl (C=O) groups excluding carboxylic acids is 1. The van der Waals surface area contributed by atoms with Gasteiger partial charge in [-0.05, 0) is 31.0 Å². The second-order valence-electron chi connectivity index (χ2n) is 4.97. The number of halogens is 3. The van der Waals surface area contributed by atoms with E-state index in [1.165, 1.54) is 17.0 Å². The molecule has 0 aromatic heterocycles. The summed E-state index contributed by atoms with van der Waals surface area (Å²) >= 11 is 0. The highest BCUT2D eigenvalue weighted by atomic mass is 19.4. The summed E-state index contributed by atoms with van der Waals surface area (Å²) in [5, 5.41) is 20.3. The zero-order valence-corrected chi connectivity index (χ0v) is 11.5. The van der Waals surface area contributed by atoms with Gasteiger partial charge in [0.25, 0.3) is 0 Å². The highest BCUT2D eigenvalue weighted by molar-refractivity contribution is 5.90. The van der Waals surface area contributed by atoms with E-state index in [0.717, 1.165) is 18.6 Å². The number of benzene rings is 1. The van der Waals surface area contributed by atoms with Crippen LogP contribution in [0.1, 0.15) is 24.0 Å². The highest BCUT2D eigenvalue weighted by Gasteiger charge is 2.34. The van der Waals surface area contributed by atoms with E-state index >= 15 is 0 Å². The molecular weight excluding hydrogens is 299 g/mol. The van der Waals surface area contributed by atoms with Gasteiger partial charge in [-0.15, -0.1) is 0 Å². The van der Waals surface area contributed by atoms with Gasteiger partial charge in [-0.3, -0.25) is 0 Å². The third-order valence-corrected chi connectivity index (χ3v) is 3.55. The van der Waals surface area contributed by atoms with Gasteiger partial charge in [0.1, 0.15) is 0 Å². The molecule has 0 bridgehead atoms. The fraction of sp³-hybridized carbons (Fsp3) is 0.429. The number of amides is 2. The number of aliphatic hydroxyl groups excluding tert-OH is 1. The zero-order chi connectivity index (χ0) is 16.3. The molecule has 1 atom stereocenters. The summed E-state index contributed by atoms with van der Waals surface area (Å²) in [5.41, 5.74) is -1.63. The number of nitrogens with one attached hydrogen (secondary N) is 1. The van der Waals surface area contributed by atoms with Crippen LogP contribution in [0.3, 0.4) is 0 Å². The Morgan fingerprint density at radius 1 is 1.50 bits per heavy atom. The first kappa shape index (κ1) is 16.1. The molecule has 0 aliphatic carbocycles. The van der Waals surface area contributed by atoms with Crippen molar-refractivity contribution in [3.05, 3.63) is 29.3 Å². The molecule has 22 heavy (non-hydrogen) atoms. The first-order chi connectivity index (χ1) is 10.4. The van der Waals surface area contributed by atoms with E-state index in [-0.39, 0.29) is 18.3 Å². The Bertz CT molecular complexity index is 610. The van der Waals surface area contributed by atoms with Crippen LogP contribution in [-0.4, -0.2) is 35.2 Å². The summed E-state index contributed by atoms with van der Waals surface area (Å²) in [4.78, 5) is 13.5. The van der Waals surface area contributed by atoms with Crippen molar-refractivity contribution in [2.45, 2.75) is 25.1 Å². The number of likely N-dealkylation sites (tertiary alicyclic amines) is 1. The maximum Gasteiger partial charge on any atom is 0.417 e. The lowest BCUT2D eigenvalue weighted by Crippen LogP contribution is -2.40. The summed E-state index contributed by atoms with van der Waals surface area (Å²) in [6.45, 7) is 0.258. The third kappa shape index (κ3) is 3.31. The van der Waals surface area contributed by atoms with E-state index in [9.17, 15) is 18.0 Å². The molecule has 118 valence electrons. The maximum absolute atomic E-state index is 12.9. The Labute approximate surface area is 124 Å². The molecule has 1 aromatic rings. The minimum atomic E-state index is -4.67. The van der Waals surface area contributed by atoms with Crippen LogP contribution in [0.5, 0.6) is 0 Å². The molecule has 0 spiro atoms. The molecule has 2 amide bonds. The van der Waals surface area contributed by atoms with Crippen molar-refractivity contribution < 1.29 is 23.1 Å². The fourth-order valence-electron chi connectivity index (χ4n) is 2.44. The molecule has 1 aromatic carbocycles. The van der Waals surface area contributed by atoms with Crippen LogP contribution in [-0.2, 0) is 6.18 Å². The normalized spacial score (nSPS) is 18.1. The van der Waals surface area contributed by atoms with Crippen LogP contribution >= 0.6 is 0 Å². The molecule has 2 N–H and O–H groups in total. The van der Waals surface area contributed by atoms with E-state index < -0.39 is 23.3 Å². The third-order valence-electron chi connectivity index (χ3n) is 3.55. The number of urea groups is 1. The van der Waals surface area contributed by atoms with E-state index in [0.29, 0.717) is 13.0 Å². The van der Waals surface area contributed by atoms with Crippen molar-refractivity contribution in [3.8, 4) is 6.07 Å². The molecule has 2 rings (SSSR count). The summed E-state index contributed by atoms with van der Waals surface area (Å²) in [7, 11) is 0. The Kier molecular flexibility index (Phi) is 4.56. The lowest BCUT2D eigenvalue weighted by atomic mass is 10.1. The number of anilines is 1. The smallest absolute Gasteiger partial charge is 0.394 e. The Morgan fingerprint density at radius 2 is 2.23 bits per heavy atom. The van der Waals surface area contributed by atoms with Gasteiger partial charge < -0.3 is 15.3 Å². The van der Waals surface area contributed by atoms with Crippen molar-refractivity contribution in [3.63, 3.8) is 0 Å². The van der Waals surface area contributed by atoms with Gasteiger partial charge in [0.2, 0.25) is 0 Å². The Balaban J connectivity index is 2.20. The number of nitriles is 1. The molecular formula is C14H14F3N3O2. The Morgan fingerprint density at radius 3 is 2.82 bits per heavy atom. The molecule has 5 nitrogen and oxygen atoms in total. The standard InChI is InChI=1S/C14H14F3N3O2/c15-14(16,17)12-6-10(4-3-9(12)7-18)19-13(22)20-5-1-2-11(20)8-21/h3-4,6,11,21H,1-2,5,8H2,(H,19,22). The van der Waals surface area contributed by atoms with Crippen molar-refractivity contribution in [1.29, 1.82) is 5.26 Å². The summed E-state index contributed by atoms with van der Waals surface area (Å²) in [6, 6.07) is 3.60. The number of hydrogen-bond acceptors (Lipinski definition) is 3. The monoisotopic (exact) mass is 313 g/mol. The zero-order valence-electron chi connectivity index (χ0n) is 11.5. The largest absolute Gasteiger partial charge is 0.417 e. The predicted molar refractivity (Wildman–Crippen MR) is 72.0 cm³/mol. The van der Waals surface area contributed by atoms with Crippen molar-refractivity contribution in [2.24, 2.45) is 0 Å². The average Bonchev–Trinajstić information content (AvgIpc) is 2.94. The van der Waals surface area contributed by atoms with Gasteiger partial charge >= 0.3 is 12.2 Å². The molecule has 1 aliphatic heterocycles. The minimum absolute atomic E-state index is 0.0417. The number of nitrogens with zero attached hydrogens (tertiary/aromatic N) is 2. The van der Waals surface area contributed by atoms with Crippen LogP contribution in [0.4, 0.5) is 23.7 Å². The molecule has 1 heterocycles. The van der Waals surface area contributed by atoms with Gasteiger partial charge in [0.15, 0.2) is 0 Å². The highest BCUT2D eigenvalue weighted by Crippen LogP contribution is 2.33. The Hall–Kier alpha value is -2.27. The van der Waals surface area contributed by atoms with E-state index in [1.807, 2.05) is 0 Å². The van der Waals surface area contributed by atoms with Gasteiger partial charge in [-0.25, -0.2) is 4.79 Å². The van der Waals surface area contributed by atoms with E-state index in [2.05, 4.69) is 5.32 Å². The second-order valence-corrected chi connectivity index (χ2v) is 4.97. The van der Waals surface area contributed by atoms with Crippen molar-refractivity contribution in [2.75, 3.05) is 18.5 Å². The van der Waals surface area contributed by atoms with Gasteiger partial charge in [-0.2, -0.15) is 18.4 Å². The predicted octanol–water partition coefficient (Wildman–Crippen LogP) is 2.57. The number of alkyl halides is 3. The SMILES string of the molecule is N#Cc1ccc(NC(=O)N2CCCC2CO)cc1C(F)(F)F. The van der Waals surface area contributed by atoms with E-state index in [4.69, 9.17) is 10.4 Å². The maximum atomic E-state index is 12.9. The molecule has 1 unspecified atom stereocenters. The van der Waals surface area contributed by atoms with Gasteiger partial charge in [-0.1, -0.05) is 0 Å². The summed E-state index contributed by atoms with van der Waals surface area (Å²) in [5.74, 6) is 0. The number of hydrogen-bond donors (Lipinski definition) is 2. The van der Waals surface area contributed by atoms with Crippen molar-refractivity contribution in [1.82, 2.24) is 4.90 Å². The molecule has 0 saturated carbocycles. The molecule has 1 fully saturated rings. The summed E-state index contributed by atoms with van der Waals surface area (Å²) in [6.07, 6.45) is -3.28. The lowest BCUT2D eigenvalue weighted by molar-refractivity contribution is -0.137. The summed E-state index contributed by atoms with van der Waals surface area (Å²) < 4.78 is 38.6. The van der Waals surface area contributed by atoms with Gasteiger partial charge in [0.05, 0.1) is 29.8 Å².